The fourth-order valence-electron chi connectivity index (χ4n) is 4.41. The van der Waals surface area contributed by atoms with E-state index >= 15 is 0 Å². The Morgan fingerprint density at radius 3 is 2.57 bits per heavy atom. The summed E-state index contributed by atoms with van der Waals surface area (Å²) in [5.41, 5.74) is 5.71. The van der Waals surface area contributed by atoms with Crippen LogP contribution in [0.25, 0.3) is 28.3 Å². The van der Waals surface area contributed by atoms with Gasteiger partial charge in [-0.2, -0.15) is 0 Å². The fraction of sp³-hybridized carbons (Fsp3) is 0.179. The van der Waals surface area contributed by atoms with E-state index in [-0.39, 0.29) is 5.82 Å². The molecular weight excluding hydrogens is 471 g/mol. The highest BCUT2D eigenvalue weighted by Gasteiger charge is 2.19. The number of hydrogen-bond donors (Lipinski definition) is 1. The van der Waals surface area contributed by atoms with Gasteiger partial charge >= 0.3 is 0 Å². The molecule has 4 heterocycles. The van der Waals surface area contributed by atoms with Crippen LogP contribution in [0.2, 0.25) is 0 Å². The van der Waals surface area contributed by atoms with Crippen molar-refractivity contribution in [3.63, 3.8) is 0 Å². The summed E-state index contributed by atoms with van der Waals surface area (Å²) in [6.07, 6.45) is 3.70. The van der Waals surface area contributed by atoms with E-state index in [0.717, 1.165) is 40.4 Å². The molecule has 6 rings (SSSR count). The second kappa shape index (κ2) is 9.51. The molecule has 0 radical (unpaired) electrons. The quantitative estimate of drug-likeness (QED) is 0.347. The van der Waals surface area contributed by atoms with Crippen LogP contribution in [0.5, 0.6) is 11.5 Å². The van der Waals surface area contributed by atoms with Gasteiger partial charge in [-0.25, -0.2) is 19.3 Å². The lowest BCUT2D eigenvalue weighted by molar-refractivity contribution is 0.171. The number of benzene rings is 2. The number of nitrogens with one attached hydrogen (secondary N) is 1. The summed E-state index contributed by atoms with van der Waals surface area (Å²) in [4.78, 5) is 16.3. The summed E-state index contributed by atoms with van der Waals surface area (Å²) < 4.78 is 27.0. The molecule has 8 nitrogen and oxygen atoms in total. The molecule has 0 bridgehead atoms. The Bertz CT molecular complexity index is 1580. The van der Waals surface area contributed by atoms with Crippen molar-refractivity contribution in [2.24, 2.45) is 0 Å². The third-order valence-corrected chi connectivity index (χ3v) is 6.00. The molecule has 0 atom stereocenters. The Morgan fingerprint density at radius 1 is 0.946 bits per heavy atom. The average Bonchev–Trinajstić information content (AvgIpc) is 3.27. The van der Waals surface area contributed by atoms with E-state index in [1.54, 1.807) is 18.3 Å². The van der Waals surface area contributed by atoms with Crippen molar-refractivity contribution in [2.75, 3.05) is 32.6 Å². The van der Waals surface area contributed by atoms with Crippen molar-refractivity contribution < 1.29 is 13.9 Å². The van der Waals surface area contributed by atoms with Gasteiger partial charge in [0.2, 0.25) is 5.95 Å². The molecule has 0 unspecified atom stereocenters. The first-order chi connectivity index (χ1) is 18.0. The molecule has 9 heteroatoms. The van der Waals surface area contributed by atoms with E-state index in [9.17, 15) is 4.39 Å². The maximum atomic E-state index is 13.7. The average molecular weight is 497 g/mol. The number of halogens is 1. The molecule has 0 saturated heterocycles. The van der Waals surface area contributed by atoms with Gasteiger partial charge in [-0.3, -0.25) is 4.40 Å². The van der Waals surface area contributed by atoms with Gasteiger partial charge in [0.25, 0.3) is 0 Å². The van der Waals surface area contributed by atoms with Gasteiger partial charge in [0, 0.05) is 36.3 Å². The summed E-state index contributed by atoms with van der Waals surface area (Å²) >= 11 is 0. The molecular formula is C28H25FN6O2. The molecule has 0 aliphatic carbocycles. The Morgan fingerprint density at radius 2 is 1.76 bits per heavy atom. The van der Waals surface area contributed by atoms with Crippen LogP contribution in [0.1, 0.15) is 5.56 Å². The van der Waals surface area contributed by atoms with Crippen molar-refractivity contribution in [1.29, 1.82) is 0 Å². The minimum Gasteiger partial charge on any atom is -0.486 e. The van der Waals surface area contributed by atoms with E-state index in [0.29, 0.717) is 36.3 Å². The molecule has 0 spiro atoms. The van der Waals surface area contributed by atoms with Gasteiger partial charge in [-0.05, 0) is 74.3 Å². The molecule has 1 aliphatic rings. The maximum absolute atomic E-state index is 13.7. The zero-order valence-corrected chi connectivity index (χ0v) is 20.5. The van der Waals surface area contributed by atoms with Crippen molar-refractivity contribution in [1.82, 2.24) is 24.3 Å². The molecule has 0 saturated carbocycles. The number of rotatable bonds is 6. The van der Waals surface area contributed by atoms with E-state index in [1.807, 2.05) is 49.0 Å². The van der Waals surface area contributed by atoms with Gasteiger partial charge in [0.1, 0.15) is 24.7 Å². The number of imidazole rings is 1. The fourth-order valence-corrected chi connectivity index (χ4v) is 4.41. The number of aromatic nitrogens is 4. The number of nitrogens with zero attached hydrogens (tertiary/aromatic N) is 5. The van der Waals surface area contributed by atoms with Crippen LogP contribution < -0.4 is 14.8 Å². The molecule has 5 aromatic rings. The smallest absolute Gasteiger partial charge is 0.227 e. The largest absolute Gasteiger partial charge is 0.486 e. The minimum atomic E-state index is -0.296. The minimum absolute atomic E-state index is 0.296. The molecule has 0 amide bonds. The zero-order valence-electron chi connectivity index (χ0n) is 20.5. The molecule has 2 aromatic carbocycles. The Balaban J connectivity index is 1.42. The zero-order chi connectivity index (χ0) is 25.4. The number of anilines is 2. The van der Waals surface area contributed by atoms with Gasteiger partial charge in [-0.15, -0.1) is 0 Å². The summed E-state index contributed by atoms with van der Waals surface area (Å²) in [5, 5.41) is 3.26. The first-order valence-electron chi connectivity index (χ1n) is 12.0. The van der Waals surface area contributed by atoms with E-state index in [2.05, 4.69) is 27.3 Å². The molecule has 1 N–H and O–H groups in total. The monoisotopic (exact) mass is 496 g/mol. The van der Waals surface area contributed by atoms with Crippen molar-refractivity contribution in [3.8, 4) is 34.1 Å². The summed E-state index contributed by atoms with van der Waals surface area (Å²) in [6.45, 7) is 1.85. The molecule has 0 fully saturated rings. The molecule has 3 aromatic heterocycles. The van der Waals surface area contributed by atoms with Crippen molar-refractivity contribution >= 4 is 17.3 Å². The first-order valence-corrected chi connectivity index (χ1v) is 12.0. The predicted molar refractivity (Wildman–Crippen MR) is 140 cm³/mol. The SMILES string of the molecule is CN(C)Cc1ccn2c(-c3ccnc(Nc4ccc5c(c4)OCCO5)n3)c(-c3ccc(F)cc3)nc2c1. The van der Waals surface area contributed by atoms with Crippen LogP contribution in [-0.2, 0) is 6.54 Å². The molecule has 1 aliphatic heterocycles. The van der Waals surface area contributed by atoms with Gasteiger partial charge in [-0.1, -0.05) is 0 Å². The van der Waals surface area contributed by atoms with Gasteiger partial charge in [0.05, 0.1) is 17.1 Å². The van der Waals surface area contributed by atoms with E-state index in [1.165, 1.54) is 12.1 Å². The normalized spacial score (nSPS) is 12.8. The lowest BCUT2D eigenvalue weighted by atomic mass is 10.1. The summed E-state index contributed by atoms with van der Waals surface area (Å²) in [6, 6.07) is 18.0. The number of ether oxygens (including phenoxy) is 2. The standard InChI is InChI=1S/C28H25FN6O2/c1-34(2)17-18-10-12-35-25(15-18)33-26(19-3-5-20(29)6-4-19)27(35)22-9-11-30-28(32-22)31-21-7-8-23-24(16-21)37-14-13-36-23/h3-12,15-16H,13-14,17H2,1-2H3,(H,30,31,32). The first kappa shape index (κ1) is 22.9. The summed E-state index contributed by atoms with van der Waals surface area (Å²) in [5.74, 6) is 1.53. The number of fused-ring (bicyclic) bond motifs is 2. The highest BCUT2D eigenvalue weighted by molar-refractivity contribution is 5.81. The topological polar surface area (TPSA) is 76.8 Å². The van der Waals surface area contributed by atoms with Crippen LogP contribution >= 0.6 is 0 Å². The van der Waals surface area contributed by atoms with E-state index in [4.69, 9.17) is 19.4 Å². The van der Waals surface area contributed by atoms with Crippen LogP contribution in [0.15, 0.2) is 73.1 Å². The molecule has 37 heavy (non-hydrogen) atoms. The second-order valence-corrected chi connectivity index (χ2v) is 9.07. The maximum Gasteiger partial charge on any atom is 0.227 e. The van der Waals surface area contributed by atoms with Gasteiger partial charge in [0.15, 0.2) is 11.5 Å². The van der Waals surface area contributed by atoms with Crippen LogP contribution in [-0.4, -0.2) is 51.6 Å². The lowest BCUT2D eigenvalue weighted by Gasteiger charge is -2.19. The Kier molecular flexibility index (Phi) is 5.90. The molecule has 186 valence electrons. The third kappa shape index (κ3) is 4.68. The van der Waals surface area contributed by atoms with E-state index < -0.39 is 0 Å². The lowest BCUT2D eigenvalue weighted by Crippen LogP contribution is -2.15. The van der Waals surface area contributed by atoms with Gasteiger partial charge < -0.3 is 19.7 Å². The van der Waals surface area contributed by atoms with Crippen LogP contribution in [0.3, 0.4) is 0 Å². The number of hydrogen-bond acceptors (Lipinski definition) is 7. The second-order valence-electron chi connectivity index (χ2n) is 9.07. The highest BCUT2D eigenvalue weighted by Crippen LogP contribution is 2.35. The Labute approximate surface area is 213 Å². The summed E-state index contributed by atoms with van der Waals surface area (Å²) in [7, 11) is 4.06. The predicted octanol–water partition coefficient (Wildman–Crippen LogP) is 5.17. The van der Waals surface area contributed by atoms with Crippen molar-refractivity contribution in [2.45, 2.75) is 6.54 Å². The highest BCUT2D eigenvalue weighted by atomic mass is 19.1. The van der Waals surface area contributed by atoms with Crippen LogP contribution in [0, 0.1) is 5.82 Å². The number of pyridine rings is 1. The van der Waals surface area contributed by atoms with Crippen molar-refractivity contribution in [3.05, 3.63) is 84.4 Å². The Hall–Kier alpha value is -4.50. The van der Waals surface area contributed by atoms with Crippen LogP contribution in [0.4, 0.5) is 16.0 Å². The third-order valence-electron chi connectivity index (χ3n) is 6.00.